The molecule has 0 aromatic heterocycles. The molecule has 1 fully saturated rings. The maximum absolute atomic E-state index is 14.4. The van der Waals surface area contributed by atoms with Crippen LogP contribution in [0, 0.1) is 17.8 Å². The fourth-order valence-corrected chi connectivity index (χ4v) is 7.09. The molecule has 4 rings (SSSR count). The van der Waals surface area contributed by atoms with Crippen molar-refractivity contribution >= 4 is 34.9 Å². The standard InChI is InChI=1S/C34H44N4O6/c1-21(2)15-33(17-26(40)19-36-32(44)27(13-22(3)39)24-11-7-8-12-24)31(43)28(20-37-33)34(16-23-9-5-4-6-10-23)30(42)25(18-38-34)14-29(35)41/h4-6,9-10,18,20-21,24,27,37-38H,7-8,11-17,19H2,1-3H3,(H2,35,41)(H,36,44)/t27-,33-,34-/m0/s1. The van der Waals surface area contributed by atoms with Crippen molar-refractivity contribution in [2.75, 3.05) is 6.54 Å². The third kappa shape index (κ3) is 7.17. The quantitative estimate of drug-likeness (QED) is 0.237. The van der Waals surface area contributed by atoms with Gasteiger partial charge in [-0.15, -0.1) is 0 Å². The van der Waals surface area contributed by atoms with Crippen LogP contribution in [0.2, 0.25) is 0 Å². The summed E-state index contributed by atoms with van der Waals surface area (Å²) in [4.78, 5) is 78.4. The fraction of sp³-hybridized carbons (Fsp3) is 0.529. The van der Waals surface area contributed by atoms with Crippen LogP contribution in [0.1, 0.15) is 77.7 Å². The Hall–Kier alpha value is -4.08. The second kappa shape index (κ2) is 13.7. The molecule has 0 saturated heterocycles. The Labute approximate surface area is 258 Å². The van der Waals surface area contributed by atoms with Crippen LogP contribution in [0.25, 0.3) is 0 Å². The van der Waals surface area contributed by atoms with Crippen molar-refractivity contribution in [2.45, 2.75) is 89.6 Å². The normalized spacial score (nSPS) is 24.0. The van der Waals surface area contributed by atoms with Crippen LogP contribution in [0.4, 0.5) is 0 Å². The van der Waals surface area contributed by atoms with Gasteiger partial charge in [-0.05, 0) is 43.6 Å². The number of nitrogens with two attached hydrogens (primary N) is 1. The Morgan fingerprint density at radius 2 is 1.68 bits per heavy atom. The van der Waals surface area contributed by atoms with E-state index in [1.165, 1.54) is 19.3 Å². The number of nitrogens with one attached hydrogen (secondary N) is 3. The third-order valence-electron chi connectivity index (χ3n) is 9.01. The van der Waals surface area contributed by atoms with Gasteiger partial charge in [0.1, 0.15) is 16.9 Å². The van der Waals surface area contributed by atoms with Crippen LogP contribution in [0.5, 0.6) is 0 Å². The van der Waals surface area contributed by atoms with E-state index in [0.29, 0.717) is 6.42 Å². The minimum absolute atomic E-state index is 0.0183. The molecule has 1 aliphatic carbocycles. The Morgan fingerprint density at radius 3 is 2.30 bits per heavy atom. The average molecular weight is 605 g/mol. The van der Waals surface area contributed by atoms with E-state index in [1.807, 2.05) is 44.2 Å². The molecule has 10 heteroatoms. The zero-order valence-corrected chi connectivity index (χ0v) is 25.9. The second-order valence-electron chi connectivity index (χ2n) is 13.1. The smallest absolute Gasteiger partial charge is 0.224 e. The summed E-state index contributed by atoms with van der Waals surface area (Å²) < 4.78 is 0. The molecule has 2 aliphatic heterocycles. The van der Waals surface area contributed by atoms with Crippen LogP contribution in [0.15, 0.2) is 53.9 Å². The van der Waals surface area contributed by atoms with Gasteiger partial charge in [-0.1, -0.05) is 57.0 Å². The minimum atomic E-state index is -1.48. The van der Waals surface area contributed by atoms with Gasteiger partial charge < -0.3 is 26.5 Å². The molecule has 0 unspecified atom stereocenters. The SMILES string of the molecule is CC(=O)C[C@H](C(=O)NCC(=O)C[C@]1(CC(C)C)NC=C([C@]2(Cc3ccccc3)NC=C(CC(N)=O)C2=O)C1=O)C1CCCC1. The maximum atomic E-state index is 14.4. The van der Waals surface area contributed by atoms with Gasteiger partial charge in [-0.25, -0.2) is 0 Å². The van der Waals surface area contributed by atoms with Crippen molar-refractivity contribution in [1.29, 1.82) is 0 Å². The molecule has 1 aromatic rings. The van der Waals surface area contributed by atoms with E-state index in [9.17, 15) is 28.8 Å². The predicted molar refractivity (Wildman–Crippen MR) is 165 cm³/mol. The van der Waals surface area contributed by atoms with Crippen LogP contribution in [-0.4, -0.2) is 52.6 Å². The topological polar surface area (TPSA) is 165 Å². The molecule has 2 amide bonds. The average Bonchev–Trinajstić information content (AvgIpc) is 3.67. The van der Waals surface area contributed by atoms with Gasteiger partial charge in [0.25, 0.3) is 0 Å². The summed E-state index contributed by atoms with van der Waals surface area (Å²) in [6.07, 6.45) is 6.94. The van der Waals surface area contributed by atoms with E-state index < -0.39 is 28.7 Å². The van der Waals surface area contributed by atoms with Crippen molar-refractivity contribution in [3.63, 3.8) is 0 Å². The summed E-state index contributed by atoms with van der Waals surface area (Å²) >= 11 is 0. The van der Waals surface area contributed by atoms with Gasteiger partial charge in [0.15, 0.2) is 17.3 Å². The highest BCUT2D eigenvalue weighted by Gasteiger charge is 2.56. The van der Waals surface area contributed by atoms with Crippen molar-refractivity contribution in [3.05, 3.63) is 59.4 Å². The molecule has 1 aromatic carbocycles. The molecule has 0 bridgehead atoms. The molecule has 0 radical (unpaired) electrons. The monoisotopic (exact) mass is 604 g/mol. The number of benzene rings is 1. The molecular formula is C34H44N4O6. The molecule has 3 atom stereocenters. The van der Waals surface area contributed by atoms with Gasteiger partial charge in [0, 0.05) is 48.7 Å². The zero-order chi connectivity index (χ0) is 32.1. The first-order valence-corrected chi connectivity index (χ1v) is 15.5. The van der Waals surface area contributed by atoms with E-state index in [2.05, 4.69) is 16.0 Å². The number of amides is 2. The first-order valence-electron chi connectivity index (χ1n) is 15.5. The Bertz CT molecular complexity index is 1380. The summed E-state index contributed by atoms with van der Waals surface area (Å²) in [5.74, 6) is -2.48. The zero-order valence-electron chi connectivity index (χ0n) is 25.9. The molecule has 10 nitrogen and oxygen atoms in total. The third-order valence-corrected chi connectivity index (χ3v) is 9.01. The van der Waals surface area contributed by atoms with E-state index in [1.54, 1.807) is 0 Å². The van der Waals surface area contributed by atoms with Gasteiger partial charge in [-0.2, -0.15) is 0 Å². The predicted octanol–water partition coefficient (Wildman–Crippen LogP) is 2.60. The van der Waals surface area contributed by atoms with Crippen molar-refractivity contribution in [2.24, 2.45) is 23.5 Å². The van der Waals surface area contributed by atoms with E-state index in [-0.39, 0.29) is 78.5 Å². The summed E-state index contributed by atoms with van der Waals surface area (Å²) in [6.45, 7) is 5.10. The van der Waals surface area contributed by atoms with E-state index in [0.717, 1.165) is 31.2 Å². The number of rotatable bonds is 15. The van der Waals surface area contributed by atoms with E-state index in [4.69, 9.17) is 5.73 Å². The van der Waals surface area contributed by atoms with Gasteiger partial charge in [0.05, 0.1) is 13.0 Å². The summed E-state index contributed by atoms with van der Waals surface area (Å²) in [6, 6.07) is 9.25. The summed E-state index contributed by atoms with van der Waals surface area (Å²) in [5, 5.41) is 9.04. The molecule has 2 heterocycles. The molecule has 1 saturated carbocycles. The van der Waals surface area contributed by atoms with Crippen molar-refractivity contribution in [3.8, 4) is 0 Å². The largest absolute Gasteiger partial charge is 0.378 e. The number of ketones is 4. The number of Topliss-reactive ketones (excluding diaryl/α,β-unsaturated/α-hetero) is 4. The summed E-state index contributed by atoms with van der Waals surface area (Å²) in [7, 11) is 0. The highest BCUT2D eigenvalue weighted by atomic mass is 16.2. The fourth-order valence-electron chi connectivity index (χ4n) is 7.09. The lowest BCUT2D eigenvalue weighted by Crippen LogP contribution is -2.55. The van der Waals surface area contributed by atoms with Crippen LogP contribution in [0.3, 0.4) is 0 Å². The van der Waals surface area contributed by atoms with E-state index >= 15 is 0 Å². The first-order chi connectivity index (χ1) is 20.9. The molecule has 236 valence electrons. The van der Waals surface area contributed by atoms with Crippen LogP contribution >= 0.6 is 0 Å². The van der Waals surface area contributed by atoms with Gasteiger partial charge in [0.2, 0.25) is 11.8 Å². The van der Waals surface area contributed by atoms with Gasteiger partial charge >= 0.3 is 0 Å². The Balaban J connectivity index is 1.54. The number of carbonyl (C=O) groups excluding carboxylic acids is 6. The Morgan fingerprint density at radius 1 is 1.00 bits per heavy atom. The van der Waals surface area contributed by atoms with Crippen molar-refractivity contribution < 1.29 is 28.8 Å². The molecule has 0 spiro atoms. The van der Waals surface area contributed by atoms with Crippen molar-refractivity contribution in [1.82, 2.24) is 16.0 Å². The highest BCUT2D eigenvalue weighted by molar-refractivity contribution is 6.19. The summed E-state index contributed by atoms with van der Waals surface area (Å²) in [5.41, 5.74) is 3.78. The second-order valence-corrected chi connectivity index (χ2v) is 13.1. The number of carbonyl (C=O) groups is 6. The Kier molecular flexibility index (Phi) is 10.2. The lowest BCUT2D eigenvalue weighted by Gasteiger charge is -2.34. The highest BCUT2D eigenvalue weighted by Crippen LogP contribution is 2.40. The number of hydrogen-bond donors (Lipinski definition) is 4. The lowest BCUT2D eigenvalue weighted by atomic mass is 9.73. The van der Waals surface area contributed by atoms with Gasteiger partial charge in [-0.3, -0.25) is 24.0 Å². The minimum Gasteiger partial charge on any atom is -0.378 e. The molecule has 5 N–H and O–H groups in total. The maximum Gasteiger partial charge on any atom is 0.224 e. The first kappa shape index (κ1) is 32.8. The lowest BCUT2D eigenvalue weighted by molar-refractivity contribution is -0.133. The molecule has 3 aliphatic rings. The molecular weight excluding hydrogens is 560 g/mol. The van der Waals surface area contributed by atoms with Crippen LogP contribution in [-0.2, 0) is 35.2 Å². The number of hydrogen-bond acceptors (Lipinski definition) is 8. The van der Waals surface area contributed by atoms with Crippen LogP contribution < -0.4 is 21.7 Å². The molecule has 44 heavy (non-hydrogen) atoms. The number of primary amides is 1.